The van der Waals surface area contributed by atoms with Gasteiger partial charge in [-0.05, 0) is 116 Å². The minimum Gasteiger partial charge on any atom is -0.399 e. The summed E-state index contributed by atoms with van der Waals surface area (Å²) in [6.07, 6.45) is 16.7. The van der Waals surface area contributed by atoms with Crippen LogP contribution in [0, 0.1) is 27.2 Å². The van der Waals surface area contributed by atoms with Crippen molar-refractivity contribution in [1.82, 2.24) is 19.6 Å². The number of hydrogen-bond acceptors (Lipinski definition) is 10. The van der Waals surface area contributed by atoms with Gasteiger partial charge in [0.05, 0.1) is 54.9 Å². The molecule has 10 rings (SSSR count). The van der Waals surface area contributed by atoms with Crippen molar-refractivity contribution in [2.75, 3.05) is 43.9 Å². The van der Waals surface area contributed by atoms with Gasteiger partial charge >= 0.3 is 0 Å². The van der Waals surface area contributed by atoms with E-state index in [9.17, 15) is 39.4 Å². The van der Waals surface area contributed by atoms with E-state index in [4.69, 9.17) is 5.73 Å². The van der Waals surface area contributed by atoms with Crippen molar-refractivity contribution in [3.63, 3.8) is 0 Å². The third-order valence-electron chi connectivity index (χ3n) is 16.9. The second kappa shape index (κ2) is 33.2. The lowest BCUT2D eigenvalue weighted by molar-refractivity contribution is -0.385. The molecule has 0 radical (unpaired) electrons. The number of hydrogen-bond donors (Lipinski definition) is 1. The van der Waals surface area contributed by atoms with E-state index >= 15 is 0 Å². The average molecular weight is 1370 g/mol. The molecule has 0 aromatic heterocycles. The van der Waals surface area contributed by atoms with Gasteiger partial charge in [0.2, 0.25) is 0 Å². The number of nitro benzene ring substituents is 2. The number of non-ortho nitro benzene ring substituents is 2. The molecule has 0 fully saturated rings. The fourth-order valence-corrected chi connectivity index (χ4v) is 12.5. The van der Waals surface area contributed by atoms with Gasteiger partial charge in [-0.3, -0.25) is 39.4 Å². The van der Waals surface area contributed by atoms with Crippen molar-refractivity contribution in [2.24, 2.45) is 0 Å². The van der Waals surface area contributed by atoms with Crippen LogP contribution in [0.5, 0.6) is 0 Å². The quantitative estimate of drug-likeness (QED) is 0.0213. The molecule has 0 saturated heterocycles. The lowest BCUT2D eigenvalue weighted by Crippen LogP contribution is -2.31. The van der Waals surface area contributed by atoms with Crippen LogP contribution in [-0.2, 0) is 19.2 Å². The van der Waals surface area contributed by atoms with Gasteiger partial charge in [-0.15, -0.1) is 0 Å². The van der Waals surface area contributed by atoms with Gasteiger partial charge < -0.3 is 30.2 Å². The van der Waals surface area contributed by atoms with Crippen LogP contribution in [0.25, 0.3) is 22.8 Å². The first kappa shape index (κ1) is 69.4. The molecule has 0 saturated carbocycles. The number of rotatable bonds is 28. The van der Waals surface area contributed by atoms with Gasteiger partial charge in [-0.2, -0.15) is 0 Å². The highest BCUT2D eigenvalue weighted by Gasteiger charge is 2.50. The van der Waals surface area contributed by atoms with Crippen molar-refractivity contribution in [1.29, 1.82) is 0 Å². The molecule has 0 spiro atoms. The second-order valence-electron chi connectivity index (χ2n) is 23.6. The minimum atomic E-state index is -0.459. The van der Waals surface area contributed by atoms with Crippen molar-refractivity contribution < 1.29 is 29.0 Å². The normalized spacial score (nSPS) is 14.3. The average Bonchev–Trinajstić information content (AvgIpc) is 1.57. The molecule has 16 nitrogen and oxygen atoms in total. The Morgan fingerprint density at radius 2 is 0.630 bits per heavy atom. The molecule has 0 bridgehead atoms. The molecule has 4 aliphatic rings. The first-order chi connectivity index (χ1) is 44.4. The molecular formula is C74H84Br2N8O8. The highest BCUT2D eigenvalue weighted by atomic mass is 79.9. The lowest BCUT2D eigenvalue weighted by Gasteiger charge is -2.26. The lowest BCUT2D eigenvalue weighted by atomic mass is 10.0. The summed E-state index contributed by atoms with van der Waals surface area (Å²) in [5.41, 5.74) is 17.4. The predicted molar refractivity (Wildman–Crippen MR) is 376 cm³/mol. The highest BCUT2D eigenvalue weighted by molar-refractivity contribution is 9.10. The topological polar surface area (TPSA) is 197 Å². The zero-order chi connectivity index (χ0) is 66.0. The molecule has 18 heteroatoms. The Morgan fingerprint density at radius 1 is 0.380 bits per heavy atom. The number of carbonyl (C=O) groups is 4. The van der Waals surface area contributed by atoms with Crippen LogP contribution in [0.4, 0.5) is 28.4 Å². The van der Waals surface area contributed by atoms with Crippen LogP contribution in [0.2, 0.25) is 0 Å². The maximum atomic E-state index is 14.4. The number of fused-ring (bicyclic) bond motifs is 2. The van der Waals surface area contributed by atoms with Crippen LogP contribution < -0.4 is 10.6 Å². The molecule has 4 heterocycles. The van der Waals surface area contributed by atoms with E-state index in [0.717, 1.165) is 168 Å². The number of carbonyl (C=O) groups excluding carboxylic acids is 4. The summed E-state index contributed by atoms with van der Waals surface area (Å²) in [4.78, 5) is 86.5. The fourth-order valence-electron chi connectivity index (χ4n) is 11.9. The number of nitro groups is 2. The van der Waals surface area contributed by atoms with E-state index in [0.29, 0.717) is 59.9 Å². The predicted octanol–water partition coefficient (Wildman–Crippen LogP) is 18.0. The van der Waals surface area contributed by atoms with Crippen LogP contribution in [0.15, 0.2) is 177 Å². The highest BCUT2D eigenvalue weighted by Crippen LogP contribution is 2.49. The number of nitrogens with two attached hydrogens (primary N) is 1. The maximum absolute atomic E-state index is 14.4. The molecule has 6 aromatic carbocycles. The first-order valence-corrected chi connectivity index (χ1v) is 34.0. The Morgan fingerprint density at radius 3 is 0.902 bits per heavy atom. The Bertz CT molecular complexity index is 3640. The van der Waals surface area contributed by atoms with Crippen LogP contribution in [0.1, 0.15) is 158 Å². The molecule has 92 heavy (non-hydrogen) atoms. The Labute approximate surface area is 558 Å². The summed E-state index contributed by atoms with van der Waals surface area (Å²) in [6, 6.07) is 44.0. The summed E-state index contributed by atoms with van der Waals surface area (Å²) >= 11 is 7.04. The van der Waals surface area contributed by atoms with Gasteiger partial charge in [-0.1, -0.05) is 203 Å². The van der Waals surface area contributed by atoms with E-state index in [2.05, 4.69) is 59.6 Å². The number of nitrogen functional groups attached to an aromatic ring is 1. The molecule has 4 aliphatic heterocycles. The SMILES string of the molecule is CCCCCCN1C(=O)C2=C(c3ccc(Br)cc3)N(CCCCCC)C(=O)C2=C1c1ccc(Br)cc1.CCCCCCN1C(=O)C2=C(c3ccc(N(C)c4ccc([N+](=O)[O-])cc4)cc3)N(CCCCCC)C(=O)C2=C1c1ccc(C)cc1.Nc1ccc([N+](=O)[O-])cc1. The maximum Gasteiger partial charge on any atom is 0.269 e. The zero-order valence-corrected chi connectivity index (χ0v) is 56.9. The van der Waals surface area contributed by atoms with Crippen molar-refractivity contribution in [2.45, 2.75) is 137 Å². The Balaban J connectivity index is 0.000000210. The molecule has 2 N–H and O–H groups in total. The van der Waals surface area contributed by atoms with E-state index in [1.807, 2.05) is 136 Å². The van der Waals surface area contributed by atoms with Gasteiger partial charge in [0, 0.05) is 83.5 Å². The van der Waals surface area contributed by atoms with Gasteiger partial charge in [-0.25, -0.2) is 0 Å². The first-order valence-electron chi connectivity index (χ1n) is 32.4. The second-order valence-corrected chi connectivity index (χ2v) is 25.4. The number of aryl methyl sites for hydroxylation is 1. The number of unbranched alkanes of at least 4 members (excludes halogenated alkanes) is 12. The zero-order valence-electron chi connectivity index (χ0n) is 53.7. The van der Waals surface area contributed by atoms with Gasteiger partial charge in [0.25, 0.3) is 35.0 Å². The molecule has 0 unspecified atom stereocenters. The van der Waals surface area contributed by atoms with E-state index in [1.165, 1.54) is 36.4 Å². The minimum absolute atomic E-state index is 0.0420. The van der Waals surface area contributed by atoms with E-state index in [-0.39, 0.29) is 35.0 Å². The molecule has 4 amide bonds. The summed E-state index contributed by atoms with van der Waals surface area (Å²) < 4.78 is 1.94. The van der Waals surface area contributed by atoms with Crippen molar-refractivity contribution in [3.05, 3.63) is 225 Å². The Kier molecular flexibility index (Phi) is 25.0. The largest absolute Gasteiger partial charge is 0.399 e. The number of nitrogens with zero attached hydrogens (tertiary/aromatic N) is 7. The van der Waals surface area contributed by atoms with Crippen LogP contribution in [-0.4, -0.2) is 86.3 Å². The van der Waals surface area contributed by atoms with Crippen molar-refractivity contribution >= 4 is 107 Å². The van der Waals surface area contributed by atoms with Crippen LogP contribution in [0.3, 0.4) is 0 Å². The Hall–Kier alpha value is -8.48. The molecule has 482 valence electrons. The van der Waals surface area contributed by atoms with E-state index < -0.39 is 9.85 Å². The number of amides is 4. The monoisotopic (exact) mass is 1370 g/mol. The van der Waals surface area contributed by atoms with Crippen LogP contribution >= 0.6 is 31.9 Å². The molecule has 0 aliphatic carbocycles. The van der Waals surface area contributed by atoms with Crippen molar-refractivity contribution in [3.8, 4) is 0 Å². The molecular weight excluding hydrogens is 1290 g/mol. The van der Waals surface area contributed by atoms with Gasteiger partial charge in [0.15, 0.2) is 0 Å². The summed E-state index contributed by atoms with van der Waals surface area (Å²) in [7, 11) is 1.91. The number of anilines is 3. The third kappa shape index (κ3) is 16.4. The summed E-state index contributed by atoms with van der Waals surface area (Å²) in [5, 5.41) is 21.2. The number of halogens is 2. The van der Waals surface area contributed by atoms with Gasteiger partial charge in [0.1, 0.15) is 0 Å². The molecule has 6 aromatic rings. The van der Waals surface area contributed by atoms with E-state index in [1.54, 1.807) is 12.1 Å². The fraction of sp³-hybridized carbons (Fsp3) is 0.351. The smallest absolute Gasteiger partial charge is 0.269 e. The summed E-state index contributed by atoms with van der Waals surface area (Å²) in [6.45, 7) is 13.1. The third-order valence-corrected chi connectivity index (χ3v) is 18.0. The number of benzene rings is 6. The summed E-state index contributed by atoms with van der Waals surface area (Å²) in [5.74, 6) is -0.314. The standard InChI is InChI=1S/C38H44N4O4.C30H34Br2N2O2.C6H6N2O2/c1-5-7-9-11-25-40-35(28-15-13-27(3)14-16-28)33-34(38(40)44)36(41(37(33)43)26-12-10-8-6-2)29-17-19-30(20-18-29)39(4)31-21-23-32(24-22-31)42(45)46;1-3-5-7-9-19-33-27(21-11-15-23(31)16-12-21)25-26(29(33)35)28(22-13-17-24(32)18-14-22)34(30(25)36)20-10-8-6-4-2;7-5-1-3-6(4-2-5)8(9)10/h13-24H,5-12,25-26H2,1-4H3;11-18H,3-10,19-20H2,1-2H3;1-4H,7H2. The molecule has 0 atom stereocenters.